The lowest BCUT2D eigenvalue weighted by molar-refractivity contribution is -0.138. The summed E-state index contributed by atoms with van der Waals surface area (Å²) in [6.07, 6.45) is -1.22. The number of rotatable bonds is 4. The largest absolute Gasteiger partial charge is 0.456 e. The van der Waals surface area contributed by atoms with Crippen LogP contribution in [0.4, 0.5) is 19.0 Å². The molecule has 0 unspecified atom stereocenters. The molecule has 2 saturated heterocycles. The number of anilines is 1. The standard InChI is InChI=1S/C23H26ClF3N4O3/c1-14-2-3-19(34-14)21(32)29-17-6-10-31(11-7-17)22(33)15-4-8-30(9-5-15)20-18(24)12-16(13-28-20)23(25,26)27/h2-3,12-13,15,17H,4-11H2,1H3,(H,29,32). The van der Waals surface area contributed by atoms with Crippen LogP contribution in [0.1, 0.15) is 47.6 Å². The molecule has 2 aliphatic rings. The number of halogens is 4. The molecule has 4 heterocycles. The summed E-state index contributed by atoms with van der Waals surface area (Å²) in [4.78, 5) is 32.9. The molecule has 11 heteroatoms. The topological polar surface area (TPSA) is 78.7 Å². The summed E-state index contributed by atoms with van der Waals surface area (Å²) in [5.74, 6) is 0.947. The Morgan fingerprint density at radius 1 is 1.12 bits per heavy atom. The monoisotopic (exact) mass is 498 g/mol. The van der Waals surface area contributed by atoms with Crippen LogP contribution in [0.2, 0.25) is 5.02 Å². The van der Waals surface area contributed by atoms with Crippen LogP contribution in [0.5, 0.6) is 0 Å². The molecule has 2 aliphatic heterocycles. The van der Waals surface area contributed by atoms with E-state index in [1.807, 2.05) is 9.80 Å². The molecule has 0 atom stereocenters. The summed E-state index contributed by atoms with van der Waals surface area (Å²) in [5, 5.41) is 2.92. The van der Waals surface area contributed by atoms with Crippen LogP contribution in [-0.2, 0) is 11.0 Å². The van der Waals surface area contributed by atoms with E-state index in [1.165, 1.54) is 0 Å². The number of aryl methyl sites for hydroxylation is 1. The molecule has 4 rings (SSSR count). The summed E-state index contributed by atoms with van der Waals surface area (Å²) >= 11 is 6.06. The van der Waals surface area contributed by atoms with Crippen molar-refractivity contribution in [3.8, 4) is 0 Å². The van der Waals surface area contributed by atoms with Crippen LogP contribution in [0, 0.1) is 12.8 Å². The van der Waals surface area contributed by atoms with Gasteiger partial charge in [0.05, 0.1) is 10.6 Å². The molecule has 7 nitrogen and oxygen atoms in total. The number of hydrogen-bond acceptors (Lipinski definition) is 5. The number of amides is 2. The maximum atomic E-state index is 13.0. The predicted molar refractivity (Wildman–Crippen MR) is 120 cm³/mol. The number of carbonyl (C=O) groups is 2. The zero-order valence-corrected chi connectivity index (χ0v) is 19.5. The van der Waals surface area contributed by atoms with Crippen molar-refractivity contribution in [1.82, 2.24) is 15.2 Å². The second-order valence-electron chi connectivity index (χ2n) is 8.77. The van der Waals surface area contributed by atoms with Crippen LogP contribution >= 0.6 is 11.6 Å². The normalized spacial score (nSPS) is 18.3. The van der Waals surface area contributed by atoms with E-state index >= 15 is 0 Å². The third-order valence-electron chi connectivity index (χ3n) is 6.40. The van der Waals surface area contributed by atoms with Gasteiger partial charge in [-0.1, -0.05) is 11.6 Å². The molecule has 0 saturated carbocycles. The highest BCUT2D eigenvalue weighted by Gasteiger charge is 2.34. The predicted octanol–water partition coefficient (Wildman–Crippen LogP) is 4.29. The Balaban J connectivity index is 1.25. The molecule has 0 spiro atoms. The highest BCUT2D eigenvalue weighted by atomic mass is 35.5. The first-order chi connectivity index (χ1) is 16.1. The summed E-state index contributed by atoms with van der Waals surface area (Å²) in [5.41, 5.74) is -0.884. The Morgan fingerprint density at radius 3 is 2.35 bits per heavy atom. The van der Waals surface area contributed by atoms with Crippen molar-refractivity contribution in [2.45, 2.75) is 44.8 Å². The molecule has 184 valence electrons. The average Bonchev–Trinajstić information content (AvgIpc) is 3.25. The third-order valence-corrected chi connectivity index (χ3v) is 6.68. The summed E-state index contributed by atoms with van der Waals surface area (Å²) in [7, 11) is 0. The molecule has 34 heavy (non-hydrogen) atoms. The van der Waals surface area contributed by atoms with Crippen molar-refractivity contribution in [2.75, 3.05) is 31.1 Å². The van der Waals surface area contributed by atoms with Crippen molar-refractivity contribution < 1.29 is 27.2 Å². The number of pyridine rings is 1. The van der Waals surface area contributed by atoms with E-state index in [4.69, 9.17) is 16.0 Å². The average molecular weight is 499 g/mol. The fraction of sp³-hybridized carbons (Fsp3) is 0.522. The number of likely N-dealkylation sites (tertiary alicyclic amines) is 1. The molecule has 0 aromatic carbocycles. The van der Waals surface area contributed by atoms with Gasteiger partial charge in [-0.05, 0) is 50.8 Å². The third kappa shape index (κ3) is 5.48. The molecule has 2 aromatic rings. The van der Waals surface area contributed by atoms with E-state index in [2.05, 4.69) is 10.3 Å². The van der Waals surface area contributed by atoms with Crippen molar-refractivity contribution >= 4 is 29.2 Å². The Bertz CT molecular complexity index is 1040. The Kier molecular flexibility index (Phi) is 7.06. The molecular formula is C23H26ClF3N4O3. The van der Waals surface area contributed by atoms with Gasteiger partial charge in [0, 0.05) is 44.3 Å². The van der Waals surface area contributed by atoms with Gasteiger partial charge in [0.25, 0.3) is 5.91 Å². The minimum atomic E-state index is -4.50. The fourth-order valence-corrected chi connectivity index (χ4v) is 4.76. The van der Waals surface area contributed by atoms with Gasteiger partial charge >= 0.3 is 6.18 Å². The molecule has 1 N–H and O–H groups in total. The maximum absolute atomic E-state index is 13.0. The van der Waals surface area contributed by atoms with E-state index in [0.717, 1.165) is 12.3 Å². The quantitative estimate of drug-likeness (QED) is 0.680. The number of furan rings is 1. The number of aromatic nitrogens is 1. The fourth-order valence-electron chi connectivity index (χ4n) is 4.47. The van der Waals surface area contributed by atoms with Crippen LogP contribution in [0.25, 0.3) is 0 Å². The van der Waals surface area contributed by atoms with E-state index < -0.39 is 11.7 Å². The molecule has 2 amide bonds. The molecular weight excluding hydrogens is 473 g/mol. The minimum absolute atomic E-state index is 0.0170. The summed E-state index contributed by atoms with van der Waals surface area (Å²) < 4.78 is 43.9. The number of alkyl halides is 3. The molecule has 2 aromatic heterocycles. The Morgan fingerprint density at radius 2 is 1.79 bits per heavy atom. The minimum Gasteiger partial charge on any atom is -0.456 e. The van der Waals surface area contributed by atoms with Gasteiger partial charge in [0.15, 0.2) is 5.76 Å². The molecule has 0 radical (unpaired) electrons. The number of nitrogens with one attached hydrogen (secondary N) is 1. The van der Waals surface area contributed by atoms with Crippen molar-refractivity contribution in [3.63, 3.8) is 0 Å². The van der Waals surface area contributed by atoms with Crippen LogP contribution in [-0.4, -0.2) is 53.9 Å². The van der Waals surface area contributed by atoms with Gasteiger partial charge in [-0.15, -0.1) is 0 Å². The first-order valence-corrected chi connectivity index (χ1v) is 11.6. The van der Waals surface area contributed by atoms with Gasteiger partial charge in [-0.25, -0.2) is 4.98 Å². The van der Waals surface area contributed by atoms with Crippen molar-refractivity contribution in [2.24, 2.45) is 5.92 Å². The zero-order chi connectivity index (χ0) is 24.5. The lowest BCUT2D eigenvalue weighted by atomic mass is 9.93. The highest BCUT2D eigenvalue weighted by molar-refractivity contribution is 6.33. The number of carbonyl (C=O) groups excluding carboxylic acids is 2. The van der Waals surface area contributed by atoms with E-state index in [-0.39, 0.29) is 34.6 Å². The van der Waals surface area contributed by atoms with Crippen LogP contribution in [0.15, 0.2) is 28.8 Å². The van der Waals surface area contributed by atoms with Crippen LogP contribution in [0.3, 0.4) is 0 Å². The van der Waals surface area contributed by atoms with E-state index in [0.29, 0.717) is 63.4 Å². The molecule has 0 aliphatic carbocycles. The lowest BCUT2D eigenvalue weighted by Gasteiger charge is -2.37. The van der Waals surface area contributed by atoms with Crippen molar-refractivity contribution in [1.29, 1.82) is 0 Å². The molecule has 2 fully saturated rings. The highest BCUT2D eigenvalue weighted by Crippen LogP contribution is 2.35. The first-order valence-electron chi connectivity index (χ1n) is 11.3. The van der Waals surface area contributed by atoms with E-state index in [9.17, 15) is 22.8 Å². The second-order valence-corrected chi connectivity index (χ2v) is 9.18. The van der Waals surface area contributed by atoms with Gasteiger partial charge in [-0.3, -0.25) is 9.59 Å². The van der Waals surface area contributed by atoms with Crippen molar-refractivity contribution in [3.05, 3.63) is 46.5 Å². The van der Waals surface area contributed by atoms with Gasteiger partial charge in [0.1, 0.15) is 11.6 Å². The Hall–Kier alpha value is -2.75. The number of hydrogen-bond donors (Lipinski definition) is 1. The SMILES string of the molecule is Cc1ccc(C(=O)NC2CCN(C(=O)C3CCN(c4ncc(C(F)(F)F)cc4Cl)CC3)CC2)o1. The number of piperidine rings is 2. The second kappa shape index (κ2) is 9.85. The maximum Gasteiger partial charge on any atom is 0.417 e. The van der Waals surface area contributed by atoms with Gasteiger partial charge < -0.3 is 19.5 Å². The van der Waals surface area contributed by atoms with Gasteiger partial charge in [-0.2, -0.15) is 13.2 Å². The lowest BCUT2D eigenvalue weighted by Crippen LogP contribution is -2.49. The van der Waals surface area contributed by atoms with Crippen LogP contribution < -0.4 is 10.2 Å². The van der Waals surface area contributed by atoms with Gasteiger partial charge in [0.2, 0.25) is 5.91 Å². The number of nitrogens with zero attached hydrogens (tertiary/aromatic N) is 3. The van der Waals surface area contributed by atoms with E-state index in [1.54, 1.807) is 19.1 Å². The summed E-state index contributed by atoms with van der Waals surface area (Å²) in [6, 6.07) is 4.25. The smallest absolute Gasteiger partial charge is 0.417 e. The molecule has 0 bridgehead atoms. The Labute approximate surface area is 200 Å². The first kappa shape index (κ1) is 24.4. The zero-order valence-electron chi connectivity index (χ0n) is 18.7. The summed E-state index contributed by atoms with van der Waals surface area (Å²) in [6.45, 7) is 3.88.